The van der Waals surface area contributed by atoms with Crippen LogP contribution in [-0.4, -0.2) is 5.11 Å². The van der Waals surface area contributed by atoms with Crippen LogP contribution >= 0.6 is 11.3 Å². The second kappa shape index (κ2) is 4.81. The standard InChI is InChI=1S/C14H16OS/c1-3-10(2)8-13(15)12-9-16-14-7-5-4-6-11(12)14/h4-7,9,13,15H,2-3,8H2,1H3. The van der Waals surface area contributed by atoms with Gasteiger partial charge in [-0.1, -0.05) is 37.3 Å². The van der Waals surface area contributed by atoms with Crippen molar-refractivity contribution in [1.29, 1.82) is 0 Å². The summed E-state index contributed by atoms with van der Waals surface area (Å²) in [4.78, 5) is 0. The van der Waals surface area contributed by atoms with Crippen LogP contribution in [0.5, 0.6) is 0 Å². The van der Waals surface area contributed by atoms with Gasteiger partial charge in [0.25, 0.3) is 0 Å². The van der Waals surface area contributed by atoms with E-state index in [2.05, 4.69) is 31.0 Å². The fraction of sp³-hybridized carbons (Fsp3) is 0.286. The van der Waals surface area contributed by atoms with Crippen LogP contribution in [0.2, 0.25) is 0 Å². The molecule has 2 heteroatoms. The lowest BCUT2D eigenvalue weighted by molar-refractivity contribution is 0.179. The maximum absolute atomic E-state index is 10.2. The van der Waals surface area contributed by atoms with Crippen LogP contribution in [-0.2, 0) is 0 Å². The van der Waals surface area contributed by atoms with Gasteiger partial charge in [0.1, 0.15) is 0 Å². The van der Waals surface area contributed by atoms with Crippen molar-refractivity contribution in [2.45, 2.75) is 25.9 Å². The molecular weight excluding hydrogens is 216 g/mol. The van der Waals surface area contributed by atoms with Gasteiger partial charge in [-0.3, -0.25) is 0 Å². The van der Waals surface area contributed by atoms with Gasteiger partial charge < -0.3 is 5.11 Å². The molecule has 1 N–H and O–H groups in total. The molecular formula is C14H16OS. The van der Waals surface area contributed by atoms with E-state index in [0.29, 0.717) is 6.42 Å². The molecule has 1 unspecified atom stereocenters. The van der Waals surface area contributed by atoms with Crippen molar-refractivity contribution in [3.63, 3.8) is 0 Å². The Balaban J connectivity index is 2.29. The zero-order valence-electron chi connectivity index (χ0n) is 9.44. The third-order valence-corrected chi connectivity index (χ3v) is 3.83. The highest BCUT2D eigenvalue weighted by Gasteiger charge is 2.13. The maximum Gasteiger partial charge on any atom is 0.0841 e. The molecule has 0 radical (unpaired) electrons. The summed E-state index contributed by atoms with van der Waals surface area (Å²) in [7, 11) is 0. The first kappa shape index (κ1) is 11.4. The Labute approximate surface area is 100 Å². The summed E-state index contributed by atoms with van der Waals surface area (Å²) in [6.45, 7) is 6.02. The minimum Gasteiger partial charge on any atom is -0.388 e. The molecule has 1 heterocycles. The topological polar surface area (TPSA) is 20.2 Å². The first-order valence-electron chi connectivity index (χ1n) is 5.53. The third kappa shape index (κ3) is 2.18. The number of fused-ring (bicyclic) bond motifs is 1. The maximum atomic E-state index is 10.2. The van der Waals surface area contributed by atoms with Gasteiger partial charge in [0.05, 0.1) is 6.10 Å². The number of aliphatic hydroxyl groups excluding tert-OH is 1. The molecule has 0 aliphatic heterocycles. The Kier molecular flexibility index (Phi) is 3.42. The van der Waals surface area contributed by atoms with Crippen molar-refractivity contribution in [3.05, 3.63) is 47.4 Å². The molecule has 0 amide bonds. The Morgan fingerprint density at radius 1 is 1.44 bits per heavy atom. The van der Waals surface area contributed by atoms with Crippen LogP contribution in [0, 0.1) is 0 Å². The first-order chi connectivity index (χ1) is 7.72. The fourth-order valence-electron chi connectivity index (χ4n) is 1.78. The summed E-state index contributed by atoms with van der Waals surface area (Å²) in [5.74, 6) is 0. The van der Waals surface area contributed by atoms with E-state index in [1.807, 2.05) is 12.1 Å². The lowest BCUT2D eigenvalue weighted by Crippen LogP contribution is -1.97. The van der Waals surface area contributed by atoms with Crippen LogP contribution < -0.4 is 0 Å². The monoisotopic (exact) mass is 232 g/mol. The van der Waals surface area contributed by atoms with E-state index in [4.69, 9.17) is 0 Å². The predicted molar refractivity (Wildman–Crippen MR) is 70.8 cm³/mol. The van der Waals surface area contributed by atoms with Crippen LogP contribution in [0.1, 0.15) is 31.4 Å². The van der Waals surface area contributed by atoms with Crippen molar-refractivity contribution in [2.75, 3.05) is 0 Å². The lowest BCUT2D eigenvalue weighted by Gasteiger charge is -2.10. The first-order valence-corrected chi connectivity index (χ1v) is 6.41. The zero-order valence-corrected chi connectivity index (χ0v) is 10.3. The summed E-state index contributed by atoms with van der Waals surface area (Å²) in [5, 5.41) is 13.4. The number of aliphatic hydroxyl groups is 1. The molecule has 2 aromatic rings. The molecule has 84 valence electrons. The number of hydrogen-bond acceptors (Lipinski definition) is 2. The summed E-state index contributed by atoms with van der Waals surface area (Å²) in [6, 6.07) is 8.20. The summed E-state index contributed by atoms with van der Waals surface area (Å²) in [5.41, 5.74) is 2.14. The van der Waals surface area contributed by atoms with E-state index in [1.165, 1.54) is 10.1 Å². The molecule has 16 heavy (non-hydrogen) atoms. The van der Waals surface area contributed by atoms with Crippen molar-refractivity contribution in [1.82, 2.24) is 0 Å². The van der Waals surface area contributed by atoms with E-state index >= 15 is 0 Å². The van der Waals surface area contributed by atoms with E-state index < -0.39 is 6.10 Å². The van der Waals surface area contributed by atoms with E-state index in [1.54, 1.807) is 11.3 Å². The number of thiophene rings is 1. The van der Waals surface area contributed by atoms with Gasteiger partial charge >= 0.3 is 0 Å². The third-order valence-electron chi connectivity index (χ3n) is 2.85. The highest BCUT2D eigenvalue weighted by Crippen LogP contribution is 2.32. The van der Waals surface area contributed by atoms with Crippen LogP contribution in [0.4, 0.5) is 0 Å². The Bertz CT molecular complexity index is 498. The molecule has 0 saturated heterocycles. The van der Waals surface area contributed by atoms with Crippen molar-refractivity contribution in [3.8, 4) is 0 Å². The summed E-state index contributed by atoms with van der Waals surface area (Å²) < 4.78 is 1.23. The van der Waals surface area contributed by atoms with Gasteiger partial charge in [-0.2, -0.15) is 0 Å². The van der Waals surface area contributed by atoms with Crippen molar-refractivity contribution >= 4 is 21.4 Å². The van der Waals surface area contributed by atoms with Gasteiger partial charge in [-0.15, -0.1) is 11.3 Å². The van der Waals surface area contributed by atoms with Gasteiger partial charge in [-0.05, 0) is 35.2 Å². The normalized spacial score (nSPS) is 12.9. The summed E-state index contributed by atoms with van der Waals surface area (Å²) >= 11 is 1.69. The number of rotatable bonds is 4. The minimum atomic E-state index is -0.413. The van der Waals surface area contributed by atoms with Crippen LogP contribution in [0.3, 0.4) is 0 Å². The molecule has 0 spiro atoms. The molecule has 2 rings (SSSR count). The molecule has 0 bridgehead atoms. The van der Waals surface area contributed by atoms with E-state index in [0.717, 1.165) is 17.6 Å². The van der Waals surface area contributed by atoms with Crippen molar-refractivity contribution in [2.24, 2.45) is 0 Å². The van der Waals surface area contributed by atoms with Crippen LogP contribution in [0.25, 0.3) is 10.1 Å². The van der Waals surface area contributed by atoms with Gasteiger partial charge in [-0.25, -0.2) is 0 Å². The van der Waals surface area contributed by atoms with Crippen LogP contribution in [0.15, 0.2) is 41.8 Å². The van der Waals surface area contributed by atoms with Gasteiger partial charge in [0.15, 0.2) is 0 Å². The second-order valence-corrected chi connectivity index (χ2v) is 4.92. The fourth-order valence-corrected chi connectivity index (χ4v) is 2.79. The lowest BCUT2D eigenvalue weighted by atomic mass is 10.0. The average molecular weight is 232 g/mol. The Hall–Kier alpha value is -1.12. The SMILES string of the molecule is C=C(CC)CC(O)c1csc2ccccc12. The number of hydrogen-bond donors (Lipinski definition) is 1. The molecule has 1 aromatic carbocycles. The molecule has 1 nitrogen and oxygen atoms in total. The molecule has 1 atom stereocenters. The largest absolute Gasteiger partial charge is 0.388 e. The quantitative estimate of drug-likeness (QED) is 0.780. The average Bonchev–Trinajstić information content (AvgIpc) is 2.72. The molecule has 0 fully saturated rings. The number of benzene rings is 1. The van der Waals surface area contributed by atoms with E-state index in [-0.39, 0.29) is 0 Å². The highest BCUT2D eigenvalue weighted by molar-refractivity contribution is 7.17. The highest BCUT2D eigenvalue weighted by atomic mass is 32.1. The predicted octanol–water partition coefficient (Wildman–Crippen LogP) is 4.29. The van der Waals surface area contributed by atoms with Gasteiger partial charge in [0.2, 0.25) is 0 Å². The van der Waals surface area contributed by atoms with E-state index in [9.17, 15) is 5.11 Å². The minimum absolute atomic E-state index is 0.413. The summed E-state index contributed by atoms with van der Waals surface area (Å²) in [6.07, 6.45) is 1.18. The second-order valence-electron chi connectivity index (χ2n) is 4.01. The Morgan fingerprint density at radius 2 is 2.19 bits per heavy atom. The smallest absolute Gasteiger partial charge is 0.0841 e. The molecule has 0 saturated carbocycles. The van der Waals surface area contributed by atoms with Gasteiger partial charge in [0, 0.05) is 4.70 Å². The Morgan fingerprint density at radius 3 is 2.94 bits per heavy atom. The molecule has 1 aromatic heterocycles. The zero-order chi connectivity index (χ0) is 11.5. The van der Waals surface area contributed by atoms with Crippen molar-refractivity contribution < 1.29 is 5.11 Å². The molecule has 0 aliphatic rings. The molecule has 0 aliphatic carbocycles.